The summed E-state index contributed by atoms with van der Waals surface area (Å²) in [4.78, 5) is 25.8. The molecule has 0 saturated carbocycles. The number of benzene rings is 1. The Morgan fingerprint density at radius 1 is 1.17 bits per heavy atom. The zero-order valence-corrected chi connectivity index (χ0v) is 15.9. The van der Waals surface area contributed by atoms with Crippen molar-refractivity contribution in [3.63, 3.8) is 0 Å². The number of ether oxygens (including phenoxy) is 1. The lowest BCUT2D eigenvalue weighted by molar-refractivity contribution is -0.140. The van der Waals surface area contributed by atoms with Crippen molar-refractivity contribution < 1.29 is 13.9 Å². The monoisotopic (exact) mass is 392 g/mol. The fourth-order valence-electron chi connectivity index (χ4n) is 4.72. The lowest BCUT2D eigenvalue weighted by atomic mass is 9.89. The maximum absolute atomic E-state index is 14.3. The van der Waals surface area contributed by atoms with Gasteiger partial charge in [-0.15, -0.1) is 6.42 Å². The summed E-state index contributed by atoms with van der Waals surface area (Å²) in [6.07, 6.45) is 10.9. The average Bonchev–Trinajstić information content (AvgIpc) is 3.27. The third-order valence-electron chi connectivity index (χ3n) is 6.24. The van der Waals surface area contributed by atoms with E-state index in [1.165, 1.54) is 6.07 Å². The number of halogens is 1. The van der Waals surface area contributed by atoms with Crippen LogP contribution in [0.5, 0.6) is 0 Å². The number of rotatable bonds is 2. The highest BCUT2D eigenvalue weighted by Gasteiger charge is 2.58. The first-order valence-corrected chi connectivity index (χ1v) is 9.90. The smallest absolute Gasteiger partial charge is 0.257 e. The summed E-state index contributed by atoms with van der Waals surface area (Å²) in [6, 6.07) is 6.44. The molecule has 2 atom stereocenters. The second-order valence-corrected chi connectivity index (χ2v) is 7.80. The molecule has 5 rings (SSSR count). The van der Waals surface area contributed by atoms with Gasteiger partial charge in [-0.2, -0.15) is 0 Å². The third-order valence-corrected chi connectivity index (χ3v) is 6.24. The van der Waals surface area contributed by atoms with Crippen molar-refractivity contribution in [1.82, 2.24) is 14.9 Å². The maximum atomic E-state index is 14.3. The molecule has 4 heterocycles. The van der Waals surface area contributed by atoms with Gasteiger partial charge in [0.25, 0.3) is 5.91 Å². The molecule has 3 aliphatic heterocycles. The van der Waals surface area contributed by atoms with Gasteiger partial charge in [-0.3, -0.25) is 4.79 Å². The summed E-state index contributed by atoms with van der Waals surface area (Å²) >= 11 is 0. The van der Waals surface area contributed by atoms with Crippen LogP contribution < -0.4 is 4.90 Å². The molecule has 1 amide bonds. The Balaban J connectivity index is 1.33. The Hall–Kier alpha value is -2.98. The Morgan fingerprint density at radius 3 is 2.59 bits per heavy atom. The van der Waals surface area contributed by atoms with Gasteiger partial charge in [-0.25, -0.2) is 14.4 Å². The normalized spacial score (nSPS) is 25.3. The number of carbonyl (C=O) groups excluding carboxylic acids is 1. The molecule has 1 aromatic carbocycles. The van der Waals surface area contributed by atoms with Crippen molar-refractivity contribution in [2.45, 2.75) is 43.6 Å². The molecule has 1 aromatic heterocycles. The van der Waals surface area contributed by atoms with E-state index in [9.17, 15) is 9.18 Å². The van der Waals surface area contributed by atoms with Crippen LogP contribution in [0.4, 0.5) is 10.3 Å². The minimum atomic E-state index is -0.830. The summed E-state index contributed by atoms with van der Waals surface area (Å²) in [5.74, 6) is 2.83. The van der Waals surface area contributed by atoms with Gasteiger partial charge in [0.15, 0.2) is 5.60 Å². The van der Waals surface area contributed by atoms with Gasteiger partial charge in [-0.1, -0.05) is 24.1 Å². The second kappa shape index (κ2) is 6.82. The summed E-state index contributed by atoms with van der Waals surface area (Å²) in [6.45, 7) is 1.23. The number of carbonyl (C=O) groups is 1. The SMILES string of the molecule is C#Cc1cnc(N2CCC3(CC2)O[C@@H]2CC[C@@H](c4ccccc4F)N2C3=O)nc1. The molecule has 29 heavy (non-hydrogen) atoms. The van der Waals surface area contributed by atoms with Crippen LogP contribution >= 0.6 is 0 Å². The van der Waals surface area contributed by atoms with Crippen LogP contribution in [0.15, 0.2) is 36.7 Å². The number of nitrogens with zero attached hydrogens (tertiary/aromatic N) is 4. The van der Waals surface area contributed by atoms with Crippen LogP contribution in [0.3, 0.4) is 0 Å². The van der Waals surface area contributed by atoms with Crippen LogP contribution in [0.2, 0.25) is 0 Å². The van der Waals surface area contributed by atoms with Crippen molar-refractivity contribution >= 4 is 11.9 Å². The number of amides is 1. The van der Waals surface area contributed by atoms with Crippen molar-refractivity contribution in [2.75, 3.05) is 18.0 Å². The highest BCUT2D eigenvalue weighted by Crippen LogP contribution is 2.48. The maximum Gasteiger partial charge on any atom is 0.257 e. The second-order valence-electron chi connectivity index (χ2n) is 7.80. The molecule has 3 aliphatic rings. The minimum Gasteiger partial charge on any atom is -0.342 e. The van der Waals surface area contributed by atoms with Gasteiger partial charge in [-0.05, 0) is 18.9 Å². The predicted octanol–water partition coefficient (Wildman–Crippen LogP) is 2.66. The van der Waals surface area contributed by atoms with Crippen molar-refractivity contribution in [3.8, 4) is 12.3 Å². The molecule has 148 valence electrons. The topological polar surface area (TPSA) is 58.6 Å². The van der Waals surface area contributed by atoms with Gasteiger partial charge in [0.2, 0.25) is 5.95 Å². The van der Waals surface area contributed by atoms with E-state index in [4.69, 9.17) is 11.2 Å². The largest absolute Gasteiger partial charge is 0.342 e. The van der Waals surface area contributed by atoms with E-state index < -0.39 is 5.60 Å². The number of anilines is 1. The molecule has 2 aromatic rings. The Labute approximate surface area is 168 Å². The minimum absolute atomic E-state index is 0.0171. The molecule has 0 N–H and O–H groups in total. The lowest BCUT2D eigenvalue weighted by Gasteiger charge is -2.37. The van der Waals surface area contributed by atoms with Crippen molar-refractivity contribution in [3.05, 3.63) is 53.6 Å². The highest BCUT2D eigenvalue weighted by molar-refractivity contribution is 5.88. The van der Waals surface area contributed by atoms with E-state index >= 15 is 0 Å². The van der Waals surface area contributed by atoms with E-state index in [1.54, 1.807) is 29.4 Å². The van der Waals surface area contributed by atoms with Crippen LogP contribution in [0, 0.1) is 18.2 Å². The molecule has 0 unspecified atom stereocenters. The molecule has 3 fully saturated rings. The number of hydrogen-bond donors (Lipinski definition) is 0. The van der Waals surface area contributed by atoms with E-state index in [-0.39, 0.29) is 24.0 Å². The van der Waals surface area contributed by atoms with Crippen molar-refractivity contribution in [2.24, 2.45) is 0 Å². The van der Waals surface area contributed by atoms with Gasteiger partial charge < -0.3 is 14.5 Å². The number of terminal acetylenes is 1. The molecular formula is C22H21FN4O2. The van der Waals surface area contributed by atoms with Gasteiger partial charge in [0, 0.05) is 43.9 Å². The Kier molecular flexibility index (Phi) is 4.25. The zero-order valence-electron chi connectivity index (χ0n) is 15.9. The number of fused-ring (bicyclic) bond motifs is 1. The third kappa shape index (κ3) is 2.87. The van der Waals surface area contributed by atoms with E-state index in [0.29, 0.717) is 43.0 Å². The van der Waals surface area contributed by atoms with Crippen molar-refractivity contribution in [1.29, 1.82) is 0 Å². The average molecular weight is 392 g/mol. The summed E-state index contributed by atoms with van der Waals surface area (Å²) in [5, 5.41) is 0. The molecule has 0 bridgehead atoms. The van der Waals surface area contributed by atoms with Crippen LogP contribution in [0.1, 0.15) is 42.9 Å². The van der Waals surface area contributed by atoms with Crippen LogP contribution in [-0.4, -0.2) is 45.7 Å². The molecule has 3 saturated heterocycles. The van der Waals surface area contributed by atoms with Gasteiger partial charge in [0.05, 0.1) is 11.6 Å². The first-order chi connectivity index (χ1) is 14.1. The highest BCUT2D eigenvalue weighted by atomic mass is 19.1. The summed E-state index contributed by atoms with van der Waals surface area (Å²) < 4.78 is 20.6. The van der Waals surface area contributed by atoms with Crippen LogP contribution in [0.25, 0.3) is 0 Å². The molecule has 6 nitrogen and oxygen atoms in total. The predicted molar refractivity (Wildman–Crippen MR) is 104 cm³/mol. The quantitative estimate of drug-likeness (QED) is 0.736. The first kappa shape index (κ1) is 18.1. The molecule has 0 radical (unpaired) electrons. The zero-order chi connectivity index (χ0) is 20.0. The molecule has 0 aliphatic carbocycles. The molecule has 7 heteroatoms. The summed E-state index contributed by atoms with van der Waals surface area (Å²) in [5.41, 5.74) is 0.379. The number of hydrogen-bond acceptors (Lipinski definition) is 5. The summed E-state index contributed by atoms with van der Waals surface area (Å²) in [7, 11) is 0. The first-order valence-electron chi connectivity index (χ1n) is 9.90. The van der Waals surface area contributed by atoms with E-state index in [0.717, 1.165) is 12.8 Å². The fourth-order valence-corrected chi connectivity index (χ4v) is 4.72. The van der Waals surface area contributed by atoms with Gasteiger partial charge in [0.1, 0.15) is 12.0 Å². The van der Waals surface area contributed by atoms with E-state index in [2.05, 4.69) is 15.9 Å². The van der Waals surface area contributed by atoms with E-state index in [1.807, 2.05) is 11.0 Å². The Bertz CT molecular complexity index is 979. The molecule has 1 spiro atoms. The number of aromatic nitrogens is 2. The van der Waals surface area contributed by atoms with Crippen LogP contribution in [-0.2, 0) is 9.53 Å². The lowest BCUT2D eigenvalue weighted by Crippen LogP contribution is -2.50. The fraction of sp³-hybridized carbons (Fsp3) is 0.409. The number of piperidine rings is 1. The molecular weight excluding hydrogens is 371 g/mol. The standard InChI is InChI=1S/C22H21FN4O2/c1-2-15-13-24-21(25-14-15)26-11-9-22(10-12-26)20(28)27-18(7-8-19(27)29-22)16-5-3-4-6-17(16)23/h1,3-6,13-14,18-19H,7-12H2/t18-,19+/m0/s1. The van der Waals surface area contributed by atoms with Gasteiger partial charge >= 0.3 is 0 Å². The Morgan fingerprint density at radius 2 is 1.90 bits per heavy atom.